The van der Waals surface area contributed by atoms with Crippen LogP contribution in [0.2, 0.25) is 0 Å². The number of pyridine rings is 1. The van der Waals surface area contributed by atoms with Gasteiger partial charge in [0.15, 0.2) is 0 Å². The van der Waals surface area contributed by atoms with Crippen molar-refractivity contribution in [1.82, 2.24) is 9.88 Å². The highest BCUT2D eigenvalue weighted by molar-refractivity contribution is 5.85. The molecule has 1 aromatic carbocycles. The van der Waals surface area contributed by atoms with Crippen molar-refractivity contribution in [1.29, 1.82) is 0 Å². The zero-order chi connectivity index (χ0) is 21.1. The summed E-state index contributed by atoms with van der Waals surface area (Å²) in [6, 6.07) is 8.50. The zero-order valence-electron chi connectivity index (χ0n) is 17.5. The molecule has 0 unspecified atom stereocenters. The highest BCUT2D eigenvalue weighted by Gasteiger charge is 2.27. The van der Waals surface area contributed by atoms with E-state index >= 15 is 0 Å². The summed E-state index contributed by atoms with van der Waals surface area (Å²) in [4.78, 5) is 22.9. The van der Waals surface area contributed by atoms with Gasteiger partial charge in [-0.1, -0.05) is 24.3 Å². The molecule has 1 saturated heterocycles. The Hall–Kier alpha value is -3.21. The van der Waals surface area contributed by atoms with E-state index in [-0.39, 0.29) is 6.09 Å². The molecule has 1 aliphatic heterocycles. The third kappa shape index (κ3) is 3.80. The molecule has 0 spiro atoms. The molecule has 2 heterocycles. The summed E-state index contributed by atoms with van der Waals surface area (Å²) in [6.07, 6.45) is 7.00. The molecule has 5 nitrogen and oxygen atoms in total. The zero-order valence-corrected chi connectivity index (χ0v) is 17.5. The van der Waals surface area contributed by atoms with Crippen LogP contribution in [-0.4, -0.2) is 42.4 Å². The van der Waals surface area contributed by atoms with Gasteiger partial charge in [0.05, 0.1) is 18.0 Å². The number of carbonyl (C=O) groups excluding carboxylic acids is 1. The first-order chi connectivity index (χ1) is 14.6. The van der Waals surface area contributed by atoms with Gasteiger partial charge in [-0.25, -0.2) is 4.79 Å². The number of hydrogen-bond acceptors (Lipinski definition) is 4. The Balaban J connectivity index is 1.79. The topological polar surface area (TPSA) is 54.8 Å². The van der Waals surface area contributed by atoms with Crippen molar-refractivity contribution in [2.24, 2.45) is 4.99 Å². The second kappa shape index (κ2) is 8.66. The first kappa shape index (κ1) is 20.1. The maximum Gasteiger partial charge on any atom is 0.409 e. The average molecular weight is 402 g/mol. The van der Waals surface area contributed by atoms with Crippen molar-refractivity contribution in [2.45, 2.75) is 32.6 Å². The number of hydrogen-bond donors (Lipinski definition) is 0. The molecule has 1 amide bonds. The molecule has 2 aromatic rings. The monoisotopic (exact) mass is 401 g/mol. The number of benzene rings is 1. The number of ether oxygens (including phenoxy) is 1. The van der Waals surface area contributed by atoms with Gasteiger partial charge >= 0.3 is 6.09 Å². The third-order valence-electron chi connectivity index (χ3n) is 5.91. The van der Waals surface area contributed by atoms with Gasteiger partial charge in [0.2, 0.25) is 0 Å². The fourth-order valence-corrected chi connectivity index (χ4v) is 4.36. The van der Waals surface area contributed by atoms with Gasteiger partial charge in [0, 0.05) is 24.9 Å². The molecule has 0 N–H and O–H groups in total. The lowest BCUT2D eigenvalue weighted by atomic mass is 9.88. The summed E-state index contributed by atoms with van der Waals surface area (Å²) in [5, 5.41) is 0. The van der Waals surface area contributed by atoms with Crippen molar-refractivity contribution < 1.29 is 9.53 Å². The SMILES string of the molecule is C=Cc1cnc2c(c1)CCc1cc(N=C)ccc1C2=C1CCN(C(=O)OCC)CC1. The summed E-state index contributed by atoms with van der Waals surface area (Å²) in [7, 11) is 0. The molecule has 30 heavy (non-hydrogen) atoms. The van der Waals surface area contributed by atoms with E-state index in [1.54, 1.807) is 4.90 Å². The predicted octanol–water partition coefficient (Wildman–Crippen LogP) is 5.21. The van der Waals surface area contributed by atoms with Crippen LogP contribution in [-0.2, 0) is 17.6 Å². The Morgan fingerprint density at radius 3 is 2.67 bits per heavy atom. The minimum absolute atomic E-state index is 0.223. The summed E-state index contributed by atoms with van der Waals surface area (Å²) >= 11 is 0. The fraction of sp³-hybridized carbons (Fsp3) is 0.320. The van der Waals surface area contributed by atoms with Crippen LogP contribution >= 0.6 is 0 Å². The second-order valence-electron chi connectivity index (χ2n) is 7.64. The van der Waals surface area contributed by atoms with E-state index in [1.807, 2.05) is 25.3 Å². The van der Waals surface area contributed by atoms with Gasteiger partial charge in [-0.3, -0.25) is 9.98 Å². The second-order valence-corrected chi connectivity index (χ2v) is 7.64. The van der Waals surface area contributed by atoms with Crippen molar-refractivity contribution in [3.05, 3.63) is 70.6 Å². The molecule has 0 bridgehead atoms. The van der Waals surface area contributed by atoms with E-state index in [1.165, 1.54) is 27.8 Å². The normalized spacial score (nSPS) is 15.7. The molecule has 154 valence electrons. The van der Waals surface area contributed by atoms with Crippen molar-refractivity contribution in [3.63, 3.8) is 0 Å². The van der Waals surface area contributed by atoms with Gasteiger partial charge in [0.25, 0.3) is 0 Å². The number of aromatic nitrogens is 1. The Morgan fingerprint density at radius 2 is 1.97 bits per heavy atom. The molecule has 1 aliphatic carbocycles. The smallest absolute Gasteiger partial charge is 0.409 e. The first-order valence-corrected chi connectivity index (χ1v) is 10.5. The molecule has 2 aliphatic rings. The lowest BCUT2D eigenvalue weighted by Gasteiger charge is -2.29. The molecular weight excluding hydrogens is 374 g/mol. The van der Waals surface area contributed by atoms with Crippen LogP contribution in [0.5, 0.6) is 0 Å². The van der Waals surface area contributed by atoms with Crippen LogP contribution in [0.1, 0.15) is 47.7 Å². The van der Waals surface area contributed by atoms with E-state index in [2.05, 4.69) is 36.5 Å². The average Bonchev–Trinajstić information content (AvgIpc) is 2.95. The fourth-order valence-electron chi connectivity index (χ4n) is 4.36. The van der Waals surface area contributed by atoms with Crippen molar-refractivity contribution in [2.75, 3.05) is 19.7 Å². The Bertz CT molecular complexity index is 967. The highest BCUT2D eigenvalue weighted by Crippen LogP contribution is 2.39. The number of aryl methyl sites for hydroxylation is 2. The quantitative estimate of drug-likeness (QED) is 0.664. The van der Waals surface area contributed by atoms with Gasteiger partial charge in [0.1, 0.15) is 0 Å². The number of fused-ring (bicyclic) bond motifs is 2. The molecule has 0 saturated carbocycles. The Kier molecular flexibility index (Phi) is 5.79. The minimum Gasteiger partial charge on any atom is -0.450 e. The molecule has 0 atom stereocenters. The number of nitrogens with zero attached hydrogens (tertiary/aromatic N) is 3. The molecule has 0 radical (unpaired) electrons. The van der Waals surface area contributed by atoms with Gasteiger partial charge in [-0.05, 0) is 79.8 Å². The van der Waals surface area contributed by atoms with E-state index < -0.39 is 0 Å². The summed E-state index contributed by atoms with van der Waals surface area (Å²) < 4.78 is 5.18. The van der Waals surface area contributed by atoms with Crippen LogP contribution in [0.15, 0.2) is 47.6 Å². The van der Waals surface area contributed by atoms with Gasteiger partial charge in [-0.2, -0.15) is 0 Å². The number of carbonyl (C=O) groups is 1. The Morgan fingerprint density at radius 1 is 1.20 bits per heavy atom. The summed E-state index contributed by atoms with van der Waals surface area (Å²) in [6.45, 7) is 11.1. The molecule has 4 rings (SSSR count). The van der Waals surface area contributed by atoms with E-state index in [9.17, 15) is 4.79 Å². The Labute approximate surface area is 177 Å². The van der Waals surface area contributed by atoms with E-state index in [4.69, 9.17) is 9.72 Å². The summed E-state index contributed by atoms with van der Waals surface area (Å²) in [5.41, 5.74) is 9.28. The molecule has 1 aromatic heterocycles. The summed E-state index contributed by atoms with van der Waals surface area (Å²) in [5.74, 6) is 0. The van der Waals surface area contributed by atoms with Crippen molar-refractivity contribution in [3.8, 4) is 0 Å². The van der Waals surface area contributed by atoms with Crippen molar-refractivity contribution >= 4 is 30.1 Å². The van der Waals surface area contributed by atoms with Crippen LogP contribution in [0.4, 0.5) is 10.5 Å². The van der Waals surface area contributed by atoms with Crippen LogP contribution in [0, 0.1) is 0 Å². The lowest BCUT2D eigenvalue weighted by Crippen LogP contribution is -2.37. The standard InChI is InChI=1S/C25H27N3O2/c1-4-17-14-20-7-6-19-15-21(26-3)8-9-22(19)23(24(20)27-16-17)18-10-12-28(13-11-18)25(29)30-5-2/h4,8-9,14-16H,1,3,5-7,10-13H2,2H3. The molecule has 1 fully saturated rings. The minimum atomic E-state index is -0.223. The molecular formula is C25H27N3O2. The maximum atomic E-state index is 12.1. The van der Waals surface area contributed by atoms with Crippen LogP contribution in [0.3, 0.4) is 0 Å². The largest absolute Gasteiger partial charge is 0.450 e. The van der Waals surface area contributed by atoms with E-state index in [0.717, 1.165) is 42.6 Å². The number of rotatable bonds is 3. The number of piperidine rings is 1. The number of likely N-dealkylation sites (tertiary alicyclic amines) is 1. The van der Waals surface area contributed by atoms with Gasteiger partial charge < -0.3 is 9.64 Å². The van der Waals surface area contributed by atoms with Crippen LogP contribution < -0.4 is 0 Å². The van der Waals surface area contributed by atoms with Crippen LogP contribution in [0.25, 0.3) is 11.6 Å². The number of amides is 1. The highest BCUT2D eigenvalue weighted by atomic mass is 16.6. The lowest BCUT2D eigenvalue weighted by molar-refractivity contribution is 0.104. The third-order valence-corrected chi connectivity index (χ3v) is 5.91. The predicted molar refractivity (Wildman–Crippen MR) is 121 cm³/mol. The van der Waals surface area contributed by atoms with E-state index in [0.29, 0.717) is 19.7 Å². The maximum absolute atomic E-state index is 12.1. The van der Waals surface area contributed by atoms with Gasteiger partial charge in [-0.15, -0.1) is 0 Å². The number of aliphatic imine (C=N–C) groups is 1. The molecule has 5 heteroatoms. The first-order valence-electron chi connectivity index (χ1n) is 10.5.